The fourth-order valence-electron chi connectivity index (χ4n) is 3.00. The van der Waals surface area contributed by atoms with Gasteiger partial charge in [-0.25, -0.2) is 0 Å². The van der Waals surface area contributed by atoms with Crippen molar-refractivity contribution in [2.75, 3.05) is 26.2 Å². The maximum Gasteiger partial charge on any atom is 0 e. The molecule has 0 atom stereocenters. The summed E-state index contributed by atoms with van der Waals surface area (Å²) in [6.45, 7) is 44.0. The van der Waals surface area contributed by atoms with Gasteiger partial charge in [-0.2, -0.15) is 0 Å². The Morgan fingerprint density at radius 1 is 0.341 bits per heavy atom. The van der Waals surface area contributed by atoms with Crippen molar-refractivity contribution in [1.29, 1.82) is 0 Å². The van der Waals surface area contributed by atoms with Crippen molar-refractivity contribution in [2.45, 2.75) is 161 Å². The molecule has 0 spiro atoms. The zero-order valence-corrected chi connectivity index (χ0v) is 37.1. The molecule has 0 heterocycles. The molecule has 12 heteroatoms. The molecule has 44 heavy (non-hydrogen) atoms. The van der Waals surface area contributed by atoms with E-state index in [0.29, 0.717) is 0 Å². The molecule has 0 aliphatic carbocycles. The van der Waals surface area contributed by atoms with Gasteiger partial charge in [0.1, 0.15) is 0 Å². The standard InChI is InChI=1S/4C8H17N2.4Cr/c4*1-6-9-7(2)10-8(3,4)5;;;;/h4*6H2,1-5H3;;;;/q4*-1;;;;. The van der Waals surface area contributed by atoms with Gasteiger partial charge in [-0.05, 0) is 49.9 Å². The Labute approximate surface area is 318 Å². The van der Waals surface area contributed by atoms with Crippen molar-refractivity contribution < 1.29 is 69.4 Å². The quantitative estimate of drug-likeness (QED) is 0.200. The van der Waals surface area contributed by atoms with Crippen LogP contribution in [0, 0.1) is 0 Å². The molecule has 0 aromatic carbocycles. The summed E-state index contributed by atoms with van der Waals surface area (Å²) in [5.74, 6) is 3.59. The summed E-state index contributed by atoms with van der Waals surface area (Å²) in [6.07, 6.45) is 0. The van der Waals surface area contributed by atoms with Gasteiger partial charge in [0.25, 0.3) is 0 Å². The first-order chi connectivity index (χ1) is 17.8. The van der Waals surface area contributed by atoms with E-state index >= 15 is 0 Å². The molecule has 0 fully saturated rings. The predicted molar refractivity (Wildman–Crippen MR) is 187 cm³/mol. The van der Waals surface area contributed by atoms with Crippen LogP contribution in [0.2, 0.25) is 0 Å². The van der Waals surface area contributed by atoms with Gasteiger partial charge < -0.3 is 41.2 Å². The van der Waals surface area contributed by atoms with Crippen molar-refractivity contribution in [2.24, 2.45) is 20.0 Å². The van der Waals surface area contributed by atoms with E-state index < -0.39 is 0 Å². The van der Waals surface area contributed by atoms with E-state index in [2.05, 4.69) is 124 Å². The summed E-state index contributed by atoms with van der Waals surface area (Å²) >= 11 is 0. The average Bonchev–Trinajstić information content (AvgIpc) is 2.64. The third-order valence-electron chi connectivity index (χ3n) is 3.54. The minimum Gasteiger partial charge on any atom is -0.470 e. The second kappa shape index (κ2) is 32.9. The van der Waals surface area contributed by atoms with E-state index in [-0.39, 0.29) is 91.6 Å². The smallest absolute Gasteiger partial charge is 0 e. The van der Waals surface area contributed by atoms with Crippen LogP contribution in [0.25, 0.3) is 21.3 Å². The van der Waals surface area contributed by atoms with Gasteiger partial charge in [0.05, 0.1) is 0 Å². The summed E-state index contributed by atoms with van der Waals surface area (Å²) in [6, 6.07) is 0. The van der Waals surface area contributed by atoms with Crippen LogP contribution in [0.5, 0.6) is 0 Å². The molecule has 0 radical (unpaired) electrons. The molecule has 0 rings (SSSR count). The molecule has 8 nitrogen and oxygen atoms in total. The Morgan fingerprint density at radius 3 is 0.523 bits per heavy atom. The van der Waals surface area contributed by atoms with E-state index in [1.807, 2.05) is 55.4 Å². The molecule has 264 valence electrons. The van der Waals surface area contributed by atoms with E-state index in [4.69, 9.17) is 0 Å². The van der Waals surface area contributed by atoms with Crippen molar-refractivity contribution >= 4 is 23.3 Å². The first-order valence-corrected chi connectivity index (χ1v) is 14.8. The molecule has 0 saturated carbocycles. The Morgan fingerprint density at radius 2 is 0.455 bits per heavy atom. The summed E-state index contributed by atoms with van der Waals surface area (Å²) in [5, 5.41) is 16.6. The van der Waals surface area contributed by atoms with Gasteiger partial charge in [-0.3, -0.25) is 0 Å². The van der Waals surface area contributed by atoms with Gasteiger partial charge in [0.2, 0.25) is 0 Å². The monoisotopic (exact) mass is 772 g/mol. The number of aliphatic imine (C=N–C) groups is 4. The zero-order valence-electron chi connectivity index (χ0n) is 32.0. The summed E-state index contributed by atoms with van der Waals surface area (Å²) < 4.78 is 0. The first-order valence-electron chi connectivity index (χ1n) is 14.8. The van der Waals surface area contributed by atoms with Crippen molar-refractivity contribution in [3.63, 3.8) is 0 Å². The average molecular weight is 773 g/mol. The SMILES string of the molecule is CC[N-]C(C)=NC(C)(C)C.CC[N-]C(C)=NC(C)(C)C.CC[N-]C(C)=NC(C)(C)C.CC[N-]C(C)=NC(C)(C)C.[Cr].[Cr].[Cr].[Cr]. The Hall–Kier alpha value is 0.00987. The third-order valence-corrected chi connectivity index (χ3v) is 3.54. The molecule has 0 aliphatic rings. The van der Waals surface area contributed by atoms with Crippen molar-refractivity contribution in [3.8, 4) is 0 Å². The van der Waals surface area contributed by atoms with Gasteiger partial charge >= 0.3 is 0 Å². The van der Waals surface area contributed by atoms with Crippen LogP contribution in [0.1, 0.15) is 138 Å². The maximum atomic E-state index is 4.35. The van der Waals surface area contributed by atoms with Crippen LogP contribution in [-0.2, 0) is 69.4 Å². The summed E-state index contributed by atoms with van der Waals surface area (Å²) in [5.41, 5.74) is 0.0665. The van der Waals surface area contributed by atoms with Gasteiger partial charge in [-0.1, -0.05) is 160 Å². The molecule has 0 aliphatic heterocycles. The molecule has 0 amide bonds. The second-order valence-corrected chi connectivity index (χ2v) is 13.2. The normalized spacial score (nSPS) is 12.3. The molecule has 0 saturated heterocycles. The minimum atomic E-state index is 0. The molecule has 0 N–H and O–H groups in total. The largest absolute Gasteiger partial charge is 0.470 e. The fourth-order valence-corrected chi connectivity index (χ4v) is 3.00. The van der Waals surface area contributed by atoms with E-state index in [9.17, 15) is 0 Å². The van der Waals surface area contributed by atoms with Crippen LogP contribution in [0.15, 0.2) is 20.0 Å². The second-order valence-electron chi connectivity index (χ2n) is 13.2. The Kier molecular flexibility index (Phi) is 47.0. The maximum absolute atomic E-state index is 4.35. The molecular formula is C32H68Cr4N8-4. The number of hydrogen-bond acceptors (Lipinski definition) is 4. The Balaban J connectivity index is -0.0000000635. The van der Waals surface area contributed by atoms with Crippen LogP contribution in [-0.4, -0.2) is 71.7 Å². The summed E-state index contributed by atoms with van der Waals surface area (Å²) in [4.78, 5) is 17.4. The number of amidine groups is 4. The number of nitrogens with zero attached hydrogens (tertiary/aromatic N) is 8. The Bertz CT molecular complexity index is 626. The van der Waals surface area contributed by atoms with E-state index in [1.54, 1.807) is 0 Å². The van der Waals surface area contributed by atoms with Crippen LogP contribution in [0.3, 0.4) is 0 Å². The van der Waals surface area contributed by atoms with E-state index in [0.717, 1.165) is 49.5 Å². The zero-order chi connectivity index (χ0) is 32.8. The van der Waals surface area contributed by atoms with Gasteiger partial charge in [-0.15, -0.1) is 0 Å². The molecule has 0 aromatic heterocycles. The molecule has 0 bridgehead atoms. The van der Waals surface area contributed by atoms with Crippen molar-refractivity contribution in [1.82, 2.24) is 0 Å². The molecule has 0 unspecified atom stereocenters. The van der Waals surface area contributed by atoms with Gasteiger partial charge in [0.15, 0.2) is 0 Å². The first kappa shape index (κ1) is 62.8. The predicted octanol–water partition coefficient (Wildman–Crippen LogP) is 10.4. The van der Waals surface area contributed by atoms with Gasteiger partial charge in [0, 0.05) is 69.4 Å². The fraction of sp³-hybridized carbons (Fsp3) is 0.875. The minimum absolute atomic E-state index is 0. The molecule has 0 aromatic rings. The van der Waals surface area contributed by atoms with Crippen LogP contribution >= 0.6 is 0 Å². The number of rotatable bonds is 4. The van der Waals surface area contributed by atoms with Crippen LogP contribution < -0.4 is 0 Å². The van der Waals surface area contributed by atoms with Crippen LogP contribution in [0.4, 0.5) is 0 Å². The van der Waals surface area contributed by atoms with Crippen molar-refractivity contribution in [3.05, 3.63) is 21.3 Å². The number of hydrogen-bond donors (Lipinski definition) is 0. The summed E-state index contributed by atoms with van der Waals surface area (Å²) in [7, 11) is 0. The van der Waals surface area contributed by atoms with E-state index in [1.165, 1.54) is 0 Å². The third kappa shape index (κ3) is 69.0. The molecular weight excluding hydrogens is 704 g/mol. The topological polar surface area (TPSA) is 106 Å².